The number of carbonyl (C=O) groups is 1. The predicted molar refractivity (Wildman–Crippen MR) is 137 cm³/mol. The summed E-state index contributed by atoms with van der Waals surface area (Å²) in [6, 6.07) is 21.6. The van der Waals surface area contributed by atoms with Crippen molar-refractivity contribution in [2.24, 2.45) is 0 Å². The van der Waals surface area contributed by atoms with Crippen LogP contribution in [-0.4, -0.2) is 48.4 Å². The topological polar surface area (TPSA) is 47.3 Å². The van der Waals surface area contributed by atoms with Crippen LogP contribution in [0.15, 0.2) is 78.9 Å². The molecular weight excluding hydrogens is 456 g/mol. The Hall–Kier alpha value is -3.82. The van der Waals surface area contributed by atoms with Crippen molar-refractivity contribution in [3.8, 4) is 6.07 Å². The molecule has 0 saturated carbocycles. The molecule has 4 rings (SSSR count). The van der Waals surface area contributed by atoms with Crippen LogP contribution in [0, 0.1) is 23.0 Å². The molecule has 184 valence electrons. The van der Waals surface area contributed by atoms with E-state index in [0.717, 1.165) is 38.0 Å². The first-order valence-corrected chi connectivity index (χ1v) is 12.1. The van der Waals surface area contributed by atoms with Gasteiger partial charge in [0.1, 0.15) is 11.6 Å². The Balaban J connectivity index is 1.38. The number of carbonyl (C=O) groups excluding carboxylic acids is 1. The van der Waals surface area contributed by atoms with E-state index in [1.54, 1.807) is 29.2 Å². The van der Waals surface area contributed by atoms with E-state index in [4.69, 9.17) is 5.26 Å². The van der Waals surface area contributed by atoms with Crippen molar-refractivity contribution in [2.75, 3.05) is 26.7 Å². The fourth-order valence-corrected chi connectivity index (χ4v) is 4.67. The summed E-state index contributed by atoms with van der Waals surface area (Å²) in [4.78, 5) is 17.8. The van der Waals surface area contributed by atoms with Crippen LogP contribution in [0.25, 0.3) is 6.08 Å². The van der Waals surface area contributed by atoms with E-state index in [0.29, 0.717) is 16.7 Å². The number of hydrogen-bond acceptors (Lipinski definition) is 3. The highest BCUT2D eigenvalue weighted by Gasteiger charge is 2.31. The van der Waals surface area contributed by atoms with Gasteiger partial charge in [-0.25, -0.2) is 8.78 Å². The van der Waals surface area contributed by atoms with Crippen LogP contribution in [0.5, 0.6) is 0 Å². The van der Waals surface area contributed by atoms with E-state index in [1.165, 1.54) is 24.3 Å². The van der Waals surface area contributed by atoms with Gasteiger partial charge in [0.15, 0.2) is 0 Å². The molecule has 3 aromatic carbocycles. The number of hydrogen-bond donors (Lipinski definition) is 0. The van der Waals surface area contributed by atoms with Crippen LogP contribution in [0.3, 0.4) is 0 Å². The quantitative estimate of drug-likeness (QED) is 0.437. The van der Waals surface area contributed by atoms with Crippen LogP contribution in [0.2, 0.25) is 0 Å². The summed E-state index contributed by atoms with van der Waals surface area (Å²) in [5, 5.41) is 8.91. The summed E-state index contributed by atoms with van der Waals surface area (Å²) in [5.41, 5.74) is 3.08. The standard InChI is InChI=1S/C30H29F2N3O/c1-34(28-16-19-35(20-17-28)18-2-3-22-4-6-23(21-33)7-5-22)30(36)29(24-8-12-26(31)13-9-24)25-10-14-27(32)15-11-25/h2-15,28-29H,16-20H2,1H3/b3-2+. The molecule has 1 aliphatic rings. The van der Waals surface area contributed by atoms with Gasteiger partial charge in [-0.3, -0.25) is 9.69 Å². The summed E-state index contributed by atoms with van der Waals surface area (Å²) in [6.07, 6.45) is 5.88. The van der Waals surface area contributed by atoms with Crippen LogP contribution in [0.1, 0.15) is 41.0 Å². The molecule has 0 bridgehead atoms. The number of rotatable bonds is 7. The zero-order valence-electron chi connectivity index (χ0n) is 20.3. The van der Waals surface area contributed by atoms with Crippen molar-refractivity contribution < 1.29 is 13.6 Å². The second-order valence-electron chi connectivity index (χ2n) is 9.15. The molecule has 0 N–H and O–H groups in total. The Morgan fingerprint density at radius 3 is 2.00 bits per heavy atom. The average Bonchev–Trinajstić information content (AvgIpc) is 2.91. The van der Waals surface area contributed by atoms with Gasteiger partial charge in [-0.1, -0.05) is 48.6 Å². The highest BCUT2D eigenvalue weighted by Crippen LogP contribution is 2.29. The first-order chi connectivity index (χ1) is 17.4. The van der Waals surface area contributed by atoms with E-state index >= 15 is 0 Å². The van der Waals surface area contributed by atoms with Crippen molar-refractivity contribution >= 4 is 12.0 Å². The molecule has 1 amide bonds. The number of likely N-dealkylation sites (N-methyl/N-ethyl adjacent to an activating group) is 1. The van der Waals surface area contributed by atoms with Crippen molar-refractivity contribution in [2.45, 2.75) is 24.8 Å². The van der Waals surface area contributed by atoms with Gasteiger partial charge in [0.25, 0.3) is 0 Å². The molecule has 1 aliphatic heterocycles. The number of halogens is 2. The second kappa shape index (κ2) is 11.7. The highest BCUT2D eigenvalue weighted by atomic mass is 19.1. The average molecular weight is 486 g/mol. The third-order valence-corrected chi connectivity index (χ3v) is 6.82. The number of benzene rings is 3. The Labute approximate surface area is 211 Å². The molecule has 36 heavy (non-hydrogen) atoms. The number of piperidine rings is 1. The number of nitriles is 1. The lowest BCUT2D eigenvalue weighted by Gasteiger charge is -2.38. The van der Waals surface area contributed by atoms with Crippen LogP contribution < -0.4 is 0 Å². The minimum absolute atomic E-state index is 0.0765. The number of nitrogens with zero attached hydrogens (tertiary/aromatic N) is 3. The van der Waals surface area contributed by atoms with Crippen molar-refractivity contribution in [1.82, 2.24) is 9.80 Å². The fourth-order valence-electron chi connectivity index (χ4n) is 4.67. The van der Waals surface area contributed by atoms with Crippen LogP contribution in [-0.2, 0) is 4.79 Å². The molecule has 0 aliphatic carbocycles. The zero-order valence-corrected chi connectivity index (χ0v) is 20.3. The lowest BCUT2D eigenvalue weighted by molar-refractivity contribution is -0.133. The molecule has 0 aromatic heterocycles. The number of likely N-dealkylation sites (tertiary alicyclic amines) is 1. The summed E-state index contributed by atoms with van der Waals surface area (Å²) >= 11 is 0. The van der Waals surface area contributed by atoms with E-state index < -0.39 is 5.92 Å². The summed E-state index contributed by atoms with van der Waals surface area (Å²) < 4.78 is 27.1. The summed E-state index contributed by atoms with van der Waals surface area (Å²) in [6.45, 7) is 2.56. The van der Waals surface area contributed by atoms with Gasteiger partial charge in [-0.05, 0) is 65.9 Å². The zero-order chi connectivity index (χ0) is 25.5. The lowest BCUT2D eigenvalue weighted by atomic mass is 9.89. The molecule has 1 saturated heterocycles. The smallest absolute Gasteiger partial charge is 0.234 e. The molecule has 1 fully saturated rings. The molecule has 6 heteroatoms. The van der Waals surface area contributed by atoms with E-state index in [1.807, 2.05) is 31.3 Å². The first kappa shape index (κ1) is 25.3. The molecule has 1 heterocycles. The SMILES string of the molecule is CN(C(=O)C(c1ccc(F)cc1)c1ccc(F)cc1)C1CCN(C/C=C/c2ccc(C#N)cc2)CC1. The summed E-state index contributed by atoms with van der Waals surface area (Å²) in [7, 11) is 1.83. The van der Waals surface area contributed by atoms with Crippen molar-refractivity contribution in [1.29, 1.82) is 5.26 Å². The van der Waals surface area contributed by atoms with Crippen LogP contribution in [0.4, 0.5) is 8.78 Å². The molecule has 0 unspecified atom stereocenters. The molecule has 0 radical (unpaired) electrons. The second-order valence-corrected chi connectivity index (χ2v) is 9.15. The van der Waals surface area contributed by atoms with Gasteiger partial charge in [0.05, 0.1) is 17.6 Å². The van der Waals surface area contributed by atoms with Gasteiger partial charge in [0, 0.05) is 32.7 Å². The largest absolute Gasteiger partial charge is 0.342 e. The Morgan fingerprint density at radius 1 is 0.972 bits per heavy atom. The van der Waals surface area contributed by atoms with Crippen molar-refractivity contribution in [3.05, 3.63) is 113 Å². The highest BCUT2D eigenvalue weighted by molar-refractivity contribution is 5.87. The fraction of sp³-hybridized carbons (Fsp3) is 0.267. The third kappa shape index (κ3) is 6.24. The number of amides is 1. The van der Waals surface area contributed by atoms with Gasteiger partial charge in [-0.15, -0.1) is 0 Å². The van der Waals surface area contributed by atoms with Crippen molar-refractivity contribution in [3.63, 3.8) is 0 Å². The van der Waals surface area contributed by atoms with Gasteiger partial charge >= 0.3 is 0 Å². The maximum absolute atomic E-state index is 13.7. The summed E-state index contributed by atoms with van der Waals surface area (Å²) in [5.74, 6) is -1.42. The van der Waals surface area contributed by atoms with E-state index in [9.17, 15) is 13.6 Å². The normalized spacial score (nSPS) is 14.8. The van der Waals surface area contributed by atoms with E-state index in [-0.39, 0.29) is 23.6 Å². The van der Waals surface area contributed by atoms with E-state index in [2.05, 4.69) is 23.1 Å². The van der Waals surface area contributed by atoms with Crippen LogP contribution >= 0.6 is 0 Å². The van der Waals surface area contributed by atoms with Gasteiger partial charge < -0.3 is 4.90 Å². The Morgan fingerprint density at radius 2 is 1.50 bits per heavy atom. The molecule has 3 aromatic rings. The first-order valence-electron chi connectivity index (χ1n) is 12.1. The van der Waals surface area contributed by atoms with Gasteiger partial charge in [0.2, 0.25) is 5.91 Å². The minimum atomic E-state index is -0.621. The molecule has 0 atom stereocenters. The molecule has 4 nitrogen and oxygen atoms in total. The molecule has 0 spiro atoms. The maximum atomic E-state index is 13.7. The monoisotopic (exact) mass is 485 g/mol. The minimum Gasteiger partial charge on any atom is -0.342 e. The third-order valence-electron chi connectivity index (χ3n) is 6.82. The Bertz CT molecular complexity index is 1180. The predicted octanol–water partition coefficient (Wildman–Crippen LogP) is 5.60. The molecular formula is C30H29F2N3O. The lowest BCUT2D eigenvalue weighted by Crippen LogP contribution is -2.47. The Kier molecular flexibility index (Phi) is 8.24. The maximum Gasteiger partial charge on any atom is 0.234 e. The van der Waals surface area contributed by atoms with Gasteiger partial charge in [-0.2, -0.15) is 5.26 Å².